The van der Waals surface area contributed by atoms with Gasteiger partial charge in [-0.15, -0.1) is 10.2 Å². The summed E-state index contributed by atoms with van der Waals surface area (Å²) in [5.41, 5.74) is 2.89. The summed E-state index contributed by atoms with van der Waals surface area (Å²) in [5, 5.41) is 12.0. The zero-order valence-corrected chi connectivity index (χ0v) is 19.8. The van der Waals surface area contributed by atoms with Crippen LogP contribution in [0.1, 0.15) is 11.1 Å². The van der Waals surface area contributed by atoms with Crippen LogP contribution in [0.3, 0.4) is 0 Å². The lowest BCUT2D eigenvalue weighted by Gasteiger charge is -2.17. The lowest BCUT2D eigenvalue weighted by Crippen LogP contribution is -2.36. The molecule has 0 bridgehead atoms. The van der Waals surface area contributed by atoms with Crippen LogP contribution in [0.25, 0.3) is 11.6 Å². The van der Waals surface area contributed by atoms with Crippen molar-refractivity contribution >= 4 is 29.3 Å². The fourth-order valence-corrected chi connectivity index (χ4v) is 4.15. The van der Waals surface area contributed by atoms with Gasteiger partial charge in [-0.3, -0.25) is 14.2 Å². The molecule has 2 heterocycles. The molecule has 0 aliphatic heterocycles. The first-order valence-corrected chi connectivity index (χ1v) is 11.7. The Kier molecular flexibility index (Phi) is 7.44. The number of aryl methyl sites for hydroxylation is 1. The molecule has 0 radical (unpaired) electrons. The van der Waals surface area contributed by atoms with Gasteiger partial charge in [-0.05, 0) is 36.8 Å². The largest absolute Gasteiger partial charge is 0.461 e. The summed E-state index contributed by atoms with van der Waals surface area (Å²) in [7, 11) is 1.61. The molecule has 0 aliphatic carbocycles. The van der Waals surface area contributed by atoms with E-state index in [0.29, 0.717) is 29.0 Å². The smallest absolute Gasteiger partial charge is 0.243 e. The number of likely N-dealkylation sites (N-methyl/N-ethyl adjacent to an activating group) is 1. The number of nitrogens with one attached hydrogen (secondary N) is 1. The lowest BCUT2D eigenvalue weighted by molar-refractivity contribution is -0.131. The Balaban J connectivity index is 1.39. The number of furan rings is 1. The average Bonchev–Trinajstić information content (AvgIpc) is 3.50. The van der Waals surface area contributed by atoms with Crippen molar-refractivity contribution in [2.75, 3.05) is 24.7 Å². The summed E-state index contributed by atoms with van der Waals surface area (Å²) in [6.45, 7) is 2.48. The van der Waals surface area contributed by atoms with Crippen molar-refractivity contribution in [1.82, 2.24) is 19.7 Å². The number of anilines is 1. The van der Waals surface area contributed by atoms with Crippen molar-refractivity contribution in [1.29, 1.82) is 0 Å². The molecule has 2 aromatic carbocycles. The minimum Gasteiger partial charge on any atom is -0.461 e. The van der Waals surface area contributed by atoms with Gasteiger partial charge in [0.2, 0.25) is 17.6 Å². The van der Waals surface area contributed by atoms with Crippen molar-refractivity contribution in [3.8, 4) is 11.6 Å². The molecule has 0 fully saturated rings. The molecule has 34 heavy (non-hydrogen) atoms. The van der Waals surface area contributed by atoms with Gasteiger partial charge in [-0.1, -0.05) is 59.8 Å². The number of amides is 2. The van der Waals surface area contributed by atoms with E-state index < -0.39 is 0 Å². The predicted molar refractivity (Wildman–Crippen MR) is 131 cm³/mol. The predicted octanol–water partition coefficient (Wildman–Crippen LogP) is 4.08. The molecule has 1 N–H and O–H groups in total. The van der Waals surface area contributed by atoms with E-state index in [2.05, 4.69) is 15.5 Å². The molecule has 0 spiro atoms. The average molecular weight is 476 g/mol. The second-order valence-corrected chi connectivity index (χ2v) is 8.75. The van der Waals surface area contributed by atoms with E-state index in [4.69, 9.17) is 4.42 Å². The maximum Gasteiger partial charge on any atom is 0.243 e. The molecule has 2 aromatic heterocycles. The van der Waals surface area contributed by atoms with Crippen molar-refractivity contribution < 1.29 is 14.0 Å². The molecule has 0 saturated heterocycles. The Morgan fingerprint density at radius 3 is 2.50 bits per heavy atom. The topological polar surface area (TPSA) is 93.3 Å². The van der Waals surface area contributed by atoms with E-state index >= 15 is 0 Å². The van der Waals surface area contributed by atoms with Crippen LogP contribution in [0.2, 0.25) is 0 Å². The molecule has 4 rings (SSSR count). The standard InChI is InChI=1S/C25H25N5O3S/c1-18-10-12-20(13-11-18)26-22(31)16-29(2)23(32)17-34-25-28-27-24(21-9-6-14-33-21)30(25)15-19-7-4-3-5-8-19/h3-14H,15-17H2,1-2H3,(H,26,31). The maximum atomic E-state index is 12.7. The Morgan fingerprint density at radius 2 is 1.79 bits per heavy atom. The van der Waals surface area contributed by atoms with Gasteiger partial charge in [0.25, 0.3) is 0 Å². The molecule has 8 nitrogen and oxygen atoms in total. The molecule has 0 aliphatic rings. The molecule has 0 atom stereocenters. The summed E-state index contributed by atoms with van der Waals surface area (Å²) < 4.78 is 7.45. The highest BCUT2D eigenvalue weighted by atomic mass is 32.2. The third-order valence-electron chi connectivity index (χ3n) is 5.11. The van der Waals surface area contributed by atoms with Crippen LogP contribution < -0.4 is 5.32 Å². The molecule has 0 saturated carbocycles. The van der Waals surface area contributed by atoms with Gasteiger partial charge in [-0.2, -0.15) is 0 Å². The number of nitrogens with zero attached hydrogens (tertiary/aromatic N) is 4. The first-order valence-electron chi connectivity index (χ1n) is 10.7. The Bertz CT molecular complexity index is 1240. The van der Waals surface area contributed by atoms with Crippen molar-refractivity contribution in [3.05, 3.63) is 84.1 Å². The van der Waals surface area contributed by atoms with E-state index in [9.17, 15) is 9.59 Å². The highest BCUT2D eigenvalue weighted by molar-refractivity contribution is 7.99. The van der Waals surface area contributed by atoms with E-state index in [1.165, 1.54) is 16.7 Å². The molecule has 9 heteroatoms. The van der Waals surface area contributed by atoms with Crippen molar-refractivity contribution in [3.63, 3.8) is 0 Å². The second-order valence-electron chi connectivity index (χ2n) is 7.81. The third kappa shape index (κ3) is 5.93. The number of carbonyl (C=O) groups is 2. The molecule has 174 valence electrons. The summed E-state index contributed by atoms with van der Waals surface area (Å²) in [6, 6.07) is 21.1. The van der Waals surface area contributed by atoms with Crippen LogP contribution >= 0.6 is 11.8 Å². The van der Waals surface area contributed by atoms with Crippen LogP contribution in [0.15, 0.2) is 82.6 Å². The third-order valence-corrected chi connectivity index (χ3v) is 6.06. The molecule has 2 amide bonds. The number of carbonyl (C=O) groups excluding carboxylic acids is 2. The summed E-state index contributed by atoms with van der Waals surface area (Å²) in [6.07, 6.45) is 1.59. The number of hydrogen-bond acceptors (Lipinski definition) is 6. The number of thioether (sulfide) groups is 1. The van der Waals surface area contributed by atoms with Crippen LogP contribution in [0.4, 0.5) is 5.69 Å². The van der Waals surface area contributed by atoms with Crippen LogP contribution in [0, 0.1) is 6.92 Å². The number of rotatable bonds is 9. The maximum absolute atomic E-state index is 12.7. The Morgan fingerprint density at radius 1 is 1.03 bits per heavy atom. The van der Waals surface area contributed by atoms with Gasteiger partial charge in [0.15, 0.2) is 10.9 Å². The fraction of sp³-hybridized carbons (Fsp3) is 0.200. The first kappa shape index (κ1) is 23.3. The van der Waals surface area contributed by atoms with Crippen molar-refractivity contribution in [2.24, 2.45) is 0 Å². The van der Waals surface area contributed by atoms with E-state index in [1.54, 1.807) is 19.4 Å². The van der Waals surface area contributed by atoms with Gasteiger partial charge in [-0.25, -0.2) is 0 Å². The van der Waals surface area contributed by atoms with Gasteiger partial charge in [0, 0.05) is 12.7 Å². The number of hydrogen-bond donors (Lipinski definition) is 1. The Hall–Kier alpha value is -3.85. The minimum atomic E-state index is -0.253. The van der Waals surface area contributed by atoms with Crippen LogP contribution in [-0.4, -0.2) is 50.8 Å². The normalized spacial score (nSPS) is 10.8. The zero-order chi connectivity index (χ0) is 23.9. The minimum absolute atomic E-state index is 0.0401. The first-order chi connectivity index (χ1) is 16.5. The van der Waals surface area contributed by atoms with E-state index in [1.807, 2.05) is 72.2 Å². The highest BCUT2D eigenvalue weighted by Gasteiger charge is 2.19. The van der Waals surface area contributed by atoms with E-state index in [0.717, 1.165) is 11.1 Å². The van der Waals surface area contributed by atoms with Crippen molar-refractivity contribution in [2.45, 2.75) is 18.6 Å². The molecular formula is C25H25N5O3S. The second kappa shape index (κ2) is 10.8. The summed E-state index contributed by atoms with van der Waals surface area (Å²) in [4.78, 5) is 26.4. The Labute approximate surface area is 202 Å². The fourth-order valence-electron chi connectivity index (χ4n) is 3.27. The highest BCUT2D eigenvalue weighted by Crippen LogP contribution is 2.25. The van der Waals surface area contributed by atoms with Gasteiger partial charge in [0.1, 0.15) is 0 Å². The van der Waals surface area contributed by atoms with Gasteiger partial charge < -0.3 is 14.6 Å². The SMILES string of the molecule is Cc1ccc(NC(=O)CN(C)C(=O)CSc2nnc(-c3ccco3)n2Cc2ccccc2)cc1. The molecule has 4 aromatic rings. The number of benzene rings is 2. The lowest BCUT2D eigenvalue weighted by atomic mass is 10.2. The summed E-state index contributed by atoms with van der Waals surface area (Å²) >= 11 is 1.28. The monoisotopic (exact) mass is 475 g/mol. The molecule has 0 unspecified atom stereocenters. The quantitative estimate of drug-likeness (QED) is 0.367. The van der Waals surface area contributed by atoms with Crippen LogP contribution in [-0.2, 0) is 16.1 Å². The zero-order valence-electron chi connectivity index (χ0n) is 19.0. The summed E-state index contributed by atoms with van der Waals surface area (Å²) in [5.74, 6) is 0.885. The molecular weight excluding hydrogens is 450 g/mol. The van der Waals surface area contributed by atoms with Gasteiger partial charge >= 0.3 is 0 Å². The number of aromatic nitrogens is 3. The van der Waals surface area contributed by atoms with E-state index in [-0.39, 0.29) is 24.1 Å². The van der Waals surface area contributed by atoms with Gasteiger partial charge in [0.05, 0.1) is 25.1 Å². The van der Waals surface area contributed by atoms with Crippen LogP contribution in [0.5, 0.6) is 0 Å².